The van der Waals surface area contributed by atoms with Crippen LogP contribution in [-0.2, 0) is 16.4 Å². The van der Waals surface area contributed by atoms with Crippen LogP contribution in [0, 0.1) is 0 Å². The SMILES string of the molecule is CCCn1cc(Br)cc1C(=O)N(CC)C1CCS(=O)(=O)C1. The Bertz CT molecular complexity index is 624. The molecule has 0 spiro atoms. The van der Waals surface area contributed by atoms with E-state index < -0.39 is 9.84 Å². The molecule has 118 valence electrons. The van der Waals surface area contributed by atoms with Gasteiger partial charge in [0.1, 0.15) is 5.69 Å². The van der Waals surface area contributed by atoms with E-state index in [9.17, 15) is 13.2 Å². The van der Waals surface area contributed by atoms with Gasteiger partial charge in [-0.25, -0.2) is 8.42 Å². The van der Waals surface area contributed by atoms with E-state index in [2.05, 4.69) is 22.9 Å². The summed E-state index contributed by atoms with van der Waals surface area (Å²) in [4.78, 5) is 14.5. The largest absolute Gasteiger partial charge is 0.342 e. The fourth-order valence-corrected chi connectivity index (χ4v) is 5.01. The van der Waals surface area contributed by atoms with E-state index in [-0.39, 0.29) is 23.5 Å². The molecule has 1 aromatic rings. The van der Waals surface area contributed by atoms with Crippen molar-refractivity contribution in [3.63, 3.8) is 0 Å². The van der Waals surface area contributed by atoms with Crippen molar-refractivity contribution in [2.24, 2.45) is 0 Å². The molecule has 1 amide bonds. The molecule has 1 saturated heterocycles. The highest BCUT2D eigenvalue weighted by molar-refractivity contribution is 9.10. The van der Waals surface area contributed by atoms with E-state index in [4.69, 9.17) is 0 Å². The highest BCUT2D eigenvalue weighted by atomic mass is 79.9. The molecule has 0 radical (unpaired) electrons. The summed E-state index contributed by atoms with van der Waals surface area (Å²) >= 11 is 3.41. The highest BCUT2D eigenvalue weighted by Gasteiger charge is 2.35. The number of sulfone groups is 1. The number of nitrogens with zero attached hydrogens (tertiary/aromatic N) is 2. The Morgan fingerprint density at radius 1 is 1.48 bits per heavy atom. The van der Waals surface area contributed by atoms with Crippen LogP contribution >= 0.6 is 15.9 Å². The maximum Gasteiger partial charge on any atom is 0.270 e. The van der Waals surface area contributed by atoms with E-state index >= 15 is 0 Å². The molecule has 2 heterocycles. The lowest BCUT2D eigenvalue weighted by Crippen LogP contribution is -2.41. The van der Waals surface area contributed by atoms with Gasteiger partial charge in [0.05, 0.1) is 11.5 Å². The molecule has 1 atom stereocenters. The van der Waals surface area contributed by atoms with E-state index in [1.165, 1.54) is 0 Å². The Kier molecular flexibility index (Phi) is 5.14. The molecule has 1 aromatic heterocycles. The molecule has 0 bridgehead atoms. The monoisotopic (exact) mass is 376 g/mol. The quantitative estimate of drug-likeness (QED) is 0.791. The number of hydrogen-bond acceptors (Lipinski definition) is 3. The van der Waals surface area contributed by atoms with Crippen LogP contribution in [0.25, 0.3) is 0 Å². The molecular formula is C14H21BrN2O3S. The number of aryl methyl sites for hydroxylation is 1. The molecule has 5 nitrogen and oxygen atoms in total. The average molecular weight is 377 g/mol. The first-order chi connectivity index (χ1) is 9.88. The number of amides is 1. The predicted octanol–water partition coefficient (Wildman–Crippen LogP) is 2.31. The van der Waals surface area contributed by atoms with Crippen molar-refractivity contribution in [3.8, 4) is 0 Å². The molecule has 7 heteroatoms. The summed E-state index contributed by atoms with van der Waals surface area (Å²) in [6, 6.07) is 1.61. The van der Waals surface area contributed by atoms with E-state index in [1.54, 1.807) is 4.90 Å². The van der Waals surface area contributed by atoms with Crippen molar-refractivity contribution in [2.45, 2.75) is 39.3 Å². The Labute approximate surface area is 134 Å². The molecule has 21 heavy (non-hydrogen) atoms. The van der Waals surface area contributed by atoms with Crippen LogP contribution in [-0.4, -0.2) is 47.9 Å². The standard InChI is InChI=1S/C14H21BrN2O3S/c1-3-6-16-9-11(15)8-13(16)14(18)17(4-2)12-5-7-21(19,20)10-12/h8-9,12H,3-7,10H2,1-2H3. The zero-order valence-corrected chi connectivity index (χ0v) is 14.8. The van der Waals surface area contributed by atoms with E-state index in [0.29, 0.717) is 18.7 Å². The zero-order chi connectivity index (χ0) is 15.6. The molecule has 0 aliphatic carbocycles. The number of halogens is 1. The summed E-state index contributed by atoms with van der Waals surface area (Å²) < 4.78 is 26.1. The lowest BCUT2D eigenvalue weighted by molar-refractivity contribution is 0.0697. The van der Waals surface area contributed by atoms with E-state index in [1.807, 2.05) is 23.8 Å². The number of hydrogen-bond donors (Lipinski definition) is 0. The molecule has 1 aliphatic rings. The van der Waals surface area contributed by atoms with Crippen LogP contribution in [0.1, 0.15) is 37.2 Å². The Morgan fingerprint density at radius 2 is 2.19 bits per heavy atom. The first-order valence-corrected chi connectivity index (χ1v) is 9.86. The Morgan fingerprint density at radius 3 is 2.71 bits per heavy atom. The van der Waals surface area contributed by atoms with Gasteiger partial charge in [-0.15, -0.1) is 0 Å². The molecule has 0 N–H and O–H groups in total. The second-order valence-electron chi connectivity index (χ2n) is 5.38. The topological polar surface area (TPSA) is 59.4 Å². The number of carbonyl (C=O) groups is 1. The minimum Gasteiger partial charge on any atom is -0.342 e. The number of carbonyl (C=O) groups excluding carboxylic acids is 1. The first-order valence-electron chi connectivity index (χ1n) is 7.25. The van der Waals surface area contributed by atoms with Crippen molar-refractivity contribution in [1.29, 1.82) is 0 Å². The van der Waals surface area contributed by atoms with Gasteiger partial charge in [-0.2, -0.15) is 0 Å². The van der Waals surface area contributed by atoms with Crippen molar-refractivity contribution < 1.29 is 13.2 Å². The molecule has 0 aromatic carbocycles. The van der Waals surface area contributed by atoms with Crippen LogP contribution in [0.15, 0.2) is 16.7 Å². The first kappa shape index (κ1) is 16.5. The van der Waals surface area contributed by atoms with Gasteiger partial charge < -0.3 is 9.47 Å². The van der Waals surface area contributed by atoms with Crippen LogP contribution in [0.3, 0.4) is 0 Å². The van der Waals surface area contributed by atoms with Crippen LogP contribution in [0.2, 0.25) is 0 Å². The summed E-state index contributed by atoms with van der Waals surface area (Å²) in [6.07, 6.45) is 3.37. The van der Waals surface area contributed by atoms with Gasteiger partial charge in [0, 0.05) is 29.8 Å². The molecule has 1 aliphatic heterocycles. The van der Waals surface area contributed by atoms with E-state index in [0.717, 1.165) is 17.4 Å². The van der Waals surface area contributed by atoms with Gasteiger partial charge in [0.2, 0.25) is 0 Å². The fourth-order valence-electron chi connectivity index (χ4n) is 2.82. The van der Waals surface area contributed by atoms with Gasteiger partial charge in [-0.1, -0.05) is 6.92 Å². The normalized spacial score (nSPS) is 20.6. The molecule has 1 fully saturated rings. The Balaban J connectivity index is 2.24. The van der Waals surface area contributed by atoms with Crippen LogP contribution in [0.4, 0.5) is 0 Å². The fraction of sp³-hybridized carbons (Fsp3) is 0.643. The van der Waals surface area contributed by atoms with Gasteiger partial charge >= 0.3 is 0 Å². The summed E-state index contributed by atoms with van der Waals surface area (Å²) in [5.41, 5.74) is 0.620. The van der Waals surface area contributed by atoms with Crippen molar-refractivity contribution in [3.05, 3.63) is 22.4 Å². The molecule has 0 saturated carbocycles. The smallest absolute Gasteiger partial charge is 0.270 e. The van der Waals surface area contributed by atoms with Crippen molar-refractivity contribution >= 4 is 31.7 Å². The number of rotatable bonds is 5. The highest BCUT2D eigenvalue weighted by Crippen LogP contribution is 2.22. The summed E-state index contributed by atoms with van der Waals surface area (Å²) in [5, 5.41) is 0. The average Bonchev–Trinajstić information content (AvgIpc) is 2.94. The second-order valence-corrected chi connectivity index (χ2v) is 8.53. The van der Waals surface area contributed by atoms with Gasteiger partial charge in [0.25, 0.3) is 5.91 Å². The maximum atomic E-state index is 12.8. The lowest BCUT2D eigenvalue weighted by Gasteiger charge is -2.27. The minimum atomic E-state index is -2.99. The minimum absolute atomic E-state index is 0.0845. The zero-order valence-electron chi connectivity index (χ0n) is 12.4. The Hall–Kier alpha value is -0.820. The van der Waals surface area contributed by atoms with Gasteiger partial charge in [0.15, 0.2) is 9.84 Å². The third-order valence-electron chi connectivity index (χ3n) is 3.80. The van der Waals surface area contributed by atoms with Crippen LogP contribution in [0.5, 0.6) is 0 Å². The molecular weight excluding hydrogens is 356 g/mol. The van der Waals surface area contributed by atoms with Crippen molar-refractivity contribution in [1.82, 2.24) is 9.47 Å². The summed E-state index contributed by atoms with van der Waals surface area (Å²) in [5.74, 6) is 0.183. The summed E-state index contributed by atoms with van der Waals surface area (Å²) in [7, 11) is -2.99. The third-order valence-corrected chi connectivity index (χ3v) is 5.98. The summed E-state index contributed by atoms with van der Waals surface area (Å²) in [6.45, 7) is 5.25. The van der Waals surface area contributed by atoms with Gasteiger partial charge in [-0.05, 0) is 41.8 Å². The second kappa shape index (κ2) is 6.52. The molecule has 1 unspecified atom stereocenters. The predicted molar refractivity (Wildman–Crippen MR) is 86.2 cm³/mol. The molecule has 2 rings (SSSR count). The number of aromatic nitrogens is 1. The van der Waals surface area contributed by atoms with Gasteiger partial charge in [-0.3, -0.25) is 4.79 Å². The van der Waals surface area contributed by atoms with Crippen LogP contribution < -0.4 is 0 Å². The lowest BCUT2D eigenvalue weighted by atomic mass is 10.2. The van der Waals surface area contributed by atoms with Crippen molar-refractivity contribution in [2.75, 3.05) is 18.1 Å². The third kappa shape index (κ3) is 3.69. The maximum absolute atomic E-state index is 12.8.